The van der Waals surface area contributed by atoms with Crippen LogP contribution in [0.25, 0.3) is 0 Å². The molecule has 0 aromatic heterocycles. The lowest BCUT2D eigenvalue weighted by atomic mass is 10.1. The first-order valence-corrected chi connectivity index (χ1v) is 4.21. The van der Waals surface area contributed by atoms with Crippen molar-refractivity contribution in [2.75, 3.05) is 7.11 Å². The Hall–Kier alpha value is -1.09. The van der Waals surface area contributed by atoms with Crippen LogP contribution in [0.1, 0.15) is 18.6 Å². The molecule has 0 amide bonds. The van der Waals surface area contributed by atoms with E-state index in [1.165, 1.54) is 19.2 Å². The molecular formula is C10H11FO2. The van der Waals surface area contributed by atoms with Gasteiger partial charge in [-0.15, -0.1) is 0 Å². The molecule has 1 aliphatic rings. The van der Waals surface area contributed by atoms with Gasteiger partial charge in [0.1, 0.15) is 17.7 Å². The van der Waals surface area contributed by atoms with Crippen molar-refractivity contribution in [2.24, 2.45) is 0 Å². The van der Waals surface area contributed by atoms with E-state index in [1.54, 1.807) is 6.07 Å². The summed E-state index contributed by atoms with van der Waals surface area (Å²) in [4.78, 5) is 0. The standard InChI is InChI=1S/C10H11FO2/c1-6-10(13-6)8-4-3-7(11)5-9(8)12-2/h3-6,10H,1-2H3. The van der Waals surface area contributed by atoms with Crippen LogP contribution in [0.5, 0.6) is 5.75 Å². The summed E-state index contributed by atoms with van der Waals surface area (Å²) >= 11 is 0. The molecule has 0 bridgehead atoms. The lowest BCUT2D eigenvalue weighted by molar-refractivity contribution is 0.367. The fourth-order valence-corrected chi connectivity index (χ4v) is 1.43. The van der Waals surface area contributed by atoms with E-state index in [2.05, 4.69) is 0 Å². The van der Waals surface area contributed by atoms with Gasteiger partial charge in [-0.1, -0.05) is 0 Å². The van der Waals surface area contributed by atoms with Crippen LogP contribution >= 0.6 is 0 Å². The lowest BCUT2D eigenvalue weighted by Gasteiger charge is -2.05. The highest BCUT2D eigenvalue weighted by atomic mass is 19.1. The molecule has 1 aliphatic heterocycles. The van der Waals surface area contributed by atoms with Crippen LogP contribution in [0.2, 0.25) is 0 Å². The molecule has 0 saturated carbocycles. The minimum absolute atomic E-state index is 0.0792. The Morgan fingerprint density at radius 1 is 1.46 bits per heavy atom. The summed E-state index contributed by atoms with van der Waals surface area (Å²) in [7, 11) is 1.53. The van der Waals surface area contributed by atoms with Crippen LogP contribution in [0.15, 0.2) is 18.2 Å². The van der Waals surface area contributed by atoms with E-state index in [4.69, 9.17) is 9.47 Å². The summed E-state index contributed by atoms with van der Waals surface area (Å²) < 4.78 is 23.1. The smallest absolute Gasteiger partial charge is 0.127 e. The van der Waals surface area contributed by atoms with Crippen LogP contribution in [0, 0.1) is 5.82 Å². The third kappa shape index (κ3) is 1.52. The predicted molar refractivity (Wildman–Crippen MR) is 46.2 cm³/mol. The first-order valence-electron chi connectivity index (χ1n) is 4.21. The fraction of sp³-hybridized carbons (Fsp3) is 0.400. The van der Waals surface area contributed by atoms with Gasteiger partial charge in [0.2, 0.25) is 0 Å². The van der Waals surface area contributed by atoms with Crippen LogP contribution in [0.4, 0.5) is 4.39 Å². The highest BCUT2D eigenvalue weighted by Gasteiger charge is 2.37. The number of halogens is 1. The maximum absolute atomic E-state index is 12.8. The van der Waals surface area contributed by atoms with Crippen molar-refractivity contribution in [3.63, 3.8) is 0 Å². The zero-order valence-corrected chi connectivity index (χ0v) is 7.58. The van der Waals surface area contributed by atoms with E-state index < -0.39 is 0 Å². The molecule has 0 aliphatic carbocycles. The molecule has 0 N–H and O–H groups in total. The minimum atomic E-state index is -0.283. The van der Waals surface area contributed by atoms with Crippen molar-refractivity contribution < 1.29 is 13.9 Å². The third-order valence-electron chi connectivity index (χ3n) is 2.21. The summed E-state index contributed by atoms with van der Waals surface area (Å²) in [6.07, 6.45) is 0.301. The monoisotopic (exact) mass is 182 g/mol. The second kappa shape index (κ2) is 3.00. The Balaban J connectivity index is 2.34. The maximum Gasteiger partial charge on any atom is 0.127 e. The molecule has 3 heteroatoms. The molecule has 13 heavy (non-hydrogen) atoms. The normalized spacial score (nSPS) is 25.8. The predicted octanol–water partition coefficient (Wildman–Crippen LogP) is 2.29. The lowest BCUT2D eigenvalue weighted by Crippen LogP contribution is -1.92. The number of benzene rings is 1. The Bertz CT molecular complexity index is 325. The molecule has 1 aromatic rings. The Morgan fingerprint density at radius 3 is 2.69 bits per heavy atom. The van der Waals surface area contributed by atoms with Crippen molar-refractivity contribution in [1.82, 2.24) is 0 Å². The van der Waals surface area contributed by atoms with Gasteiger partial charge in [-0.05, 0) is 19.1 Å². The van der Waals surface area contributed by atoms with Crippen LogP contribution in [0.3, 0.4) is 0 Å². The van der Waals surface area contributed by atoms with Crippen molar-refractivity contribution in [3.8, 4) is 5.75 Å². The number of epoxide rings is 1. The quantitative estimate of drug-likeness (QED) is 0.654. The van der Waals surface area contributed by atoms with Crippen LogP contribution in [-0.4, -0.2) is 13.2 Å². The van der Waals surface area contributed by atoms with Crippen molar-refractivity contribution in [3.05, 3.63) is 29.6 Å². The van der Waals surface area contributed by atoms with Crippen molar-refractivity contribution in [2.45, 2.75) is 19.1 Å². The SMILES string of the molecule is COc1cc(F)ccc1C1OC1C. The molecule has 2 nitrogen and oxygen atoms in total. The number of ether oxygens (including phenoxy) is 2. The molecular weight excluding hydrogens is 171 g/mol. The zero-order valence-electron chi connectivity index (χ0n) is 7.58. The van der Waals surface area contributed by atoms with Gasteiger partial charge >= 0.3 is 0 Å². The van der Waals surface area contributed by atoms with E-state index in [-0.39, 0.29) is 18.0 Å². The van der Waals surface area contributed by atoms with E-state index in [0.717, 1.165) is 5.56 Å². The Morgan fingerprint density at radius 2 is 2.15 bits per heavy atom. The van der Waals surface area contributed by atoms with Gasteiger partial charge in [0.05, 0.1) is 13.2 Å². The number of hydrogen-bond donors (Lipinski definition) is 0. The van der Waals surface area contributed by atoms with E-state index in [0.29, 0.717) is 5.75 Å². The summed E-state index contributed by atoms with van der Waals surface area (Å²) in [5, 5.41) is 0. The van der Waals surface area contributed by atoms with Gasteiger partial charge in [-0.2, -0.15) is 0 Å². The molecule has 2 atom stereocenters. The van der Waals surface area contributed by atoms with Gasteiger partial charge in [-0.25, -0.2) is 4.39 Å². The molecule has 1 fully saturated rings. The topological polar surface area (TPSA) is 21.8 Å². The van der Waals surface area contributed by atoms with Gasteiger partial charge in [0, 0.05) is 11.6 Å². The van der Waals surface area contributed by atoms with Crippen molar-refractivity contribution in [1.29, 1.82) is 0 Å². The van der Waals surface area contributed by atoms with E-state index in [9.17, 15) is 4.39 Å². The van der Waals surface area contributed by atoms with Crippen LogP contribution in [-0.2, 0) is 4.74 Å². The average molecular weight is 182 g/mol. The molecule has 1 aromatic carbocycles. The van der Waals surface area contributed by atoms with Gasteiger partial charge in [-0.3, -0.25) is 0 Å². The first-order chi connectivity index (χ1) is 6.22. The molecule has 70 valence electrons. The minimum Gasteiger partial charge on any atom is -0.496 e. The second-order valence-electron chi connectivity index (χ2n) is 3.15. The molecule has 1 saturated heterocycles. The Kier molecular flexibility index (Phi) is 1.96. The van der Waals surface area contributed by atoms with Crippen LogP contribution < -0.4 is 4.74 Å². The number of methoxy groups -OCH3 is 1. The first kappa shape index (κ1) is 8.51. The van der Waals surface area contributed by atoms with Gasteiger partial charge < -0.3 is 9.47 Å². The largest absolute Gasteiger partial charge is 0.496 e. The zero-order chi connectivity index (χ0) is 9.42. The summed E-state index contributed by atoms with van der Waals surface area (Å²) in [5.74, 6) is 0.281. The summed E-state index contributed by atoms with van der Waals surface area (Å²) in [5.41, 5.74) is 0.927. The van der Waals surface area contributed by atoms with Gasteiger partial charge in [0.25, 0.3) is 0 Å². The Labute approximate surface area is 76.3 Å². The van der Waals surface area contributed by atoms with E-state index in [1.807, 2.05) is 6.92 Å². The molecule has 0 spiro atoms. The second-order valence-corrected chi connectivity index (χ2v) is 3.15. The number of hydrogen-bond acceptors (Lipinski definition) is 2. The van der Waals surface area contributed by atoms with Gasteiger partial charge in [0.15, 0.2) is 0 Å². The van der Waals surface area contributed by atoms with E-state index >= 15 is 0 Å². The fourth-order valence-electron chi connectivity index (χ4n) is 1.43. The number of rotatable bonds is 2. The molecule has 2 unspecified atom stereocenters. The third-order valence-corrected chi connectivity index (χ3v) is 2.21. The summed E-state index contributed by atoms with van der Waals surface area (Å²) in [6, 6.07) is 4.51. The highest BCUT2D eigenvalue weighted by molar-refractivity contribution is 5.38. The average Bonchev–Trinajstić information content (AvgIpc) is 2.82. The summed E-state index contributed by atoms with van der Waals surface area (Å²) in [6.45, 7) is 1.98. The maximum atomic E-state index is 12.8. The molecule has 2 rings (SSSR count). The molecule has 0 radical (unpaired) electrons. The highest BCUT2D eigenvalue weighted by Crippen LogP contribution is 2.42. The molecule has 1 heterocycles. The van der Waals surface area contributed by atoms with Crippen molar-refractivity contribution >= 4 is 0 Å².